The van der Waals surface area contributed by atoms with E-state index >= 15 is 0 Å². The van der Waals surface area contributed by atoms with E-state index in [1.807, 2.05) is 24.3 Å². The quantitative estimate of drug-likeness (QED) is 0.784. The van der Waals surface area contributed by atoms with Gasteiger partial charge in [0, 0.05) is 29.8 Å². The number of carbonyl (C=O) groups is 1. The number of ether oxygens (including phenoxy) is 1. The number of hydrogen-bond acceptors (Lipinski definition) is 2. The average Bonchev–Trinajstić information content (AvgIpc) is 2.65. The molecule has 0 aromatic heterocycles. The second-order valence-corrected chi connectivity index (χ2v) is 7.32. The zero-order valence-corrected chi connectivity index (χ0v) is 15.8. The van der Waals surface area contributed by atoms with Crippen molar-refractivity contribution < 1.29 is 18.3 Å². The van der Waals surface area contributed by atoms with Crippen molar-refractivity contribution in [1.82, 2.24) is 5.32 Å². The van der Waals surface area contributed by atoms with Gasteiger partial charge in [0.25, 0.3) is 0 Å². The Morgan fingerprint density at radius 3 is 2.31 bits per heavy atom. The van der Waals surface area contributed by atoms with E-state index in [-0.39, 0.29) is 24.4 Å². The van der Waals surface area contributed by atoms with E-state index in [1.54, 1.807) is 0 Å². The van der Waals surface area contributed by atoms with E-state index in [0.717, 1.165) is 10.0 Å². The van der Waals surface area contributed by atoms with Crippen molar-refractivity contribution in [1.29, 1.82) is 0 Å². The van der Waals surface area contributed by atoms with Gasteiger partial charge in [-0.05, 0) is 49.1 Å². The Balaban J connectivity index is 1.73. The maximum atomic E-state index is 13.7. The summed E-state index contributed by atoms with van der Waals surface area (Å²) in [5.74, 6) is -1.30. The lowest BCUT2D eigenvalue weighted by Crippen LogP contribution is -2.48. The molecule has 2 aromatic rings. The fraction of sp³-hybridized carbons (Fsp3) is 0.350. The lowest BCUT2D eigenvalue weighted by molar-refractivity contribution is -0.130. The highest BCUT2D eigenvalue weighted by Gasteiger charge is 2.41. The van der Waals surface area contributed by atoms with Gasteiger partial charge < -0.3 is 10.1 Å². The molecule has 138 valence electrons. The van der Waals surface area contributed by atoms with Crippen LogP contribution in [0.2, 0.25) is 0 Å². The van der Waals surface area contributed by atoms with Gasteiger partial charge in [-0.1, -0.05) is 34.1 Å². The summed E-state index contributed by atoms with van der Waals surface area (Å²) in [4.78, 5) is 13.0. The van der Waals surface area contributed by atoms with Crippen molar-refractivity contribution in [3.05, 3.63) is 69.7 Å². The fourth-order valence-electron chi connectivity index (χ4n) is 3.38. The van der Waals surface area contributed by atoms with Gasteiger partial charge in [-0.3, -0.25) is 4.79 Å². The van der Waals surface area contributed by atoms with Gasteiger partial charge in [0.1, 0.15) is 11.6 Å². The number of hydrogen-bond donors (Lipinski definition) is 1. The molecule has 1 amide bonds. The first-order chi connectivity index (χ1) is 12.5. The molecule has 1 fully saturated rings. The molecule has 0 bridgehead atoms. The normalized spacial score (nSPS) is 16.3. The van der Waals surface area contributed by atoms with Crippen molar-refractivity contribution in [3.8, 4) is 0 Å². The number of amides is 1. The van der Waals surface area contributed by atoms with Crippen molar-refractivity contribution >= 4 is 21.8 Å². The molecule has 1 aliphatic rings. The predicted octanol–water partition coefficient (Wildman–Crippen LogP) is 4.13. The molecule has 0 saturated carbocycles. The van der Waals surface area contributed by atoms with E-state index < -0.39 is 17.0 Å². The molecular weight excluding hydrogens is 404 g/mol. The summed E-state index contributed by atoms with van der Waals surface area (Å²) in [5.41, 5.74) is 0.253. The van der Waals surface area contributed by atoms with Crippen LogP contribution in [0.15, 0.2) is 46.9 Å². The van der Waals surface area contributed by atoms with Crippen LogP contribution in [-0.4, -0.2) is 25.7 Å². The molecule has 3 nitrogen and oxygen atoms in total. The van der Waals surface area contributed by atoms with Crippen LogP contribution in [0, 0.1) is 11.6 Å². The van der Waals surface area contributed by atoms with Gasteiger partial charge in [0.05, 0.1) is 5.41 Å². The Labute approximate surface area is 159 Å². The first kappa shape index (κ1) is 19.0. The molecule has 1 heterocycles. The van der Waals surface area contributed by atoms with Gasteiger partial charge in [-0.2, -0.15) is 0 Å². The van der Waals surface area contributed by atoms with Gasteiger partial charge in [-0.15, -0.1) is 0 Å². The SMILES string of the molecule is O=C(NCCc1c(F)cccc1F)C1(c2ccc(Br)cc2)CCOCC1. The second-order valence-electron chi connectivity index (χ2n) is 6.41. The Kier molecular flexibility index (Phi) is 6.04. The third-order valence-electron chi connectivity index (χ3n) is 4.90. The maximum absolute atomic E-state index is 13.7. The molecule has 1 N–H and O–H groups in total. The highest BCUT2D eigenvalue weighted by Crippen LogP contribution is 2.35. The zero-order chi connectivity index (χ0) is 18.6. The lowest BCUT2D eigenvalue weighted by atomic mass is 9.73. The molecule has 0 atom stereocenters. The maximum Gasteiger partial charge on any atom is 0.230 e. The summed E-state index contributed by atoms with van der Waals surface area (Å²) in [6, 6.07) is 11.5. The van der Waals surface area contributed by atoms with Crippen molar-refractivity contribution in [3.63, 3.8) is 0 Å². The van der Waals surface area contributed by atoms with Crippen LogP contribution in [0.4, 0.5) is 8.78 Å². The molecule has 0 spiro atoms. The summed E-state index contributed by atoms with van der Waals surface area (Å²) < 4.78 is 33.8. The number of halogens is 3. The average molecular weight is 424 g/mol. The van der Waals surface area contributed by atoms with Gasteiger partial charge in [0.2, 0.25) is 5.91 Å². The summed E-state index contributed by atoms with van der Waals surface area (Å²) in [6.45, 7) is 1.19. The van der Waals surface area contributed by atoms with E-state index in [4.69, 9.17) is 4.74 Å². The topological polar surface area (TPSA) is 38.3 Å². The number of nitrogens with one attached hydrogen (secondary N) is 1. The molecule has 1 saturated heterocycles. The van der Waals surface area contributed by atoms with Crippen molar-refractivity contribution in [2.45, 2.75) is 24.7 Å². The summed E-state index contributed by atoms with van der Waals surface area (Å²) in [6.07, 6.45) is 1.26. The van der Waals surface area contributed by atoms with Crippen molar-refractivity contribution in [2.75, 3.05) is 19.8 Å². The molecule has 6 heteroatoms. The first-order valence-corrected chi connectivity index (χ1v) is 9.37. The Morgan fingerprint density at radius 1 is 1.08 bits per heavy atom. The van der Waals surface area contributed by atoms with E-state index in [2.05, 4.69) is 21.2 Å². The van der Waals surface area contributed by atoms with Crippen molar-refractivity contribution in [2.24, 2.45) is 0 Å². The Hall–Kier alpha value is -1.79. The van der Waals surface area contributed by atoms with Gasteiger partial charge >= 0.3 is 0 Å². The van der Waals surface area contributed by atoms with Crippen LogP contribution in [-0.2, 0) is 21.4 Å². The largest absolute Gasteiger partial charge is 0.381 e. The third kappa shape index (κ3) is 3.96. The minimum atomic E-state index is -0.674. The molecule has 0 radical (unpaired) electrons. The molecule has 26 heavy (non-hydrogen) atoms. The van der Waals surface area contributed by atoms with Crippen LogP contribution in [0.25, 0.3) is 0 Å². The van der Waals surface area contributed by atoms with Crippen LogP contribution in [0.3, 0.4) is 0 Å². The molecule has 1 aliphatic heterocycles. The summed E-state index contributed by atoms with van der Waals surface area (Å²) in [7, 11) is 0. The molecule has 3 rings (SSSR count). The van der Waals surface area contributed by atoms with Gasteiger partial charge in [-0.25, -0.2) is 8.78 Å². The summed E-state index contributed by atoms with van der Waals surface area (Å²) in [5, 5.41) is 2.87. The van der Waals surface area contributed by atoms with Crippen LogP contribution in [0.1, 0.15) is 24.0 Å². The number of benzene rings is 2. The number of rotatable bonds is 5. The molecular formula is C20H20BrF2NO2. The molecule has 0 aliphatic carbocycles. The third-order valence-corrected chi connectivity index (χ3v) is 5.43. The number of carbonyl (C=O) groups excluding carboxylic acids is 1. The Morgan fingerprint density at radius 2 is 1.69 bits per heavy atom. The monoisotopic (exact) mass is 423 g/mol. The van der Waals surface area contributed by atoms with Crippen LogP contribution in [0.5, 0.6) is 0 Å². The highest BCUT2D eigenvalue weighted by atomic mass is 79.9. The van der Waals surface area contributed by atoms with E-state index in [1.165, 1.54) is 18.2 Å². The minimum Gasteiger partial charge on any atom is -0.381 e. The smallest absolute Gasteiger partial charge is 0.230 e. The predicted molar refractivity (Wildman–Crippen MR) is 98.9 cm³/mol. The minimum absolute atomic E-state index is 0.00234. The zero-order valence-electron chi connectivity index (χ0n) is 14.2. The highest BCUT2D eigenvalue weighted by molar-refractivity contribution is 9.10. The van der Waals surface area contributed by atoms with Gasteiger partial charge in [0.15, 0.2) is 0 Å². The van der Waals surface area contributed by atoms with Crippen LogP contribution >= 0.6 is 15.9 Å². The lowest BCUT2D eigenvalue weighted by Gasteiger charge is -2.36. The Bertz CT molecular complexity index is 754. The fourth-order valence-corrected chi connectivity index (χ4v) is 3.64. The summed E-state index contributed by atoms with van der Waals surface area (Å²) >= 11 is 3.41. The van der Waals surface area contributed by atoms with E-state index in [0.29, 0.717) is 26.1 Å². The second kappa shape index (κ2) is 8.27. The van der Waals surface area contributed by atoms with E-state index in [9.17, 15) is 13.6 Å². The molecule has 2 aromatic carbocycles. The standard InChI is InChI=1S/C20H20BrF2NO2/c21-15-6-4-14(5-7-15)20(9-12-26-13-10-20)19(25)24-11-8-16-17(22)2-1-3-18(16)23/h1-7H,8-13H2,(H,24,25). The van der Waals surface area contributed by atoms with Crippen LogP contribution < -0.4 is 5.32 Å². The molecule has 0 unspecified atom stereocenters. The first-order valence-electron chi connectivity index (χ1n) is 8.58.